The van der Waals surface area contributed by atoms with Crippen LogP contribution in [0.15, 0.2) is 45.6 Å². The van der Waals surface area contributed by atoms with Gasteiger partial charge in [0.25, 0.3) is 0 Å². The van der Waals surface area contributed by atoms with Crippen LogP contribution in [0.4, 0.5) is 0 Å². The first kappa shape index (κ1) is 14.5. The molecule has 0 saturated carbocycles. The van der Waals surface area contributed by atoms with Crippen LogP contribution in [0, 0.1) is 0 Å². The number of hydrogen-bond acceptors (Lipinski definition) is 1. The first-order valence-electron chi connectivity index (χ1n) is 5.24. The van der Waals surface area contributed by atoms with Crippen molar-refractivity contribution in [3.63, 3.8) is 0 Å². The Kier molecular flexibility index (Phi) is 5.24. The highest BCUT2D eigenvalue weighted by Gasteiger charge is 2.12. The van der Waals surface area contributed by atoms with Crippen LogP contribution in [0.5, 0.6) is 0 Å². The molecule has 5 heteroatoms. The number of nitrogens with zero attached hydrogens (tertiary/aromatic N) is 1. The third-order valence-corrected chi connectivity index (χ3v) is 4.61. The Morgan fingerprint density at radius 2 is 1.83 bits per heavy atom. The molecule has 1 aromatic carbocycles. The van der Waals surface area contributed by atoms with Crippen molar-refractivity contribution in [3.05, 3.63) is 61.8 Å². The first-order valence-corrected chi connectivity index (χ1v) is 8.12. The predicted octanol–water partition coefficient (Wildman–Crippen LogP) is 5.94. The van der Waals surface area contributed by atoms with Crippen LogP contribution < -0.4 is 0 Å². The molecular weight excluding hydrogens is 445 g/mol. The molecule has 2 rings (SSSR count). The minimum atomic E-state index is 0.214. The molecule has 0 bridgehead atoms. The molecule has 0 aliphatic carbocycles. The Balaban J connectivity index is 2.22. The van der Waals surface area contributed by atoms with Crippen LogP contribution in [0.2, 0.25) is 5.02 Å². The zero-order chi connectivity index (χ0) is 13.1. The fourth-order valence-corrected chi connectivity index (χ4v) is 3.78. The third kappa shape index (κ3) is 3.80. The summed E-state index contributed by atoms with van der Waals surface area (Å²) in [4.78, 5) is 4.21. The molecule has 1 nitrogen and oxygen atoms in total. The Morgan fingerprint density at radius 3 is 2.44 bits per heavy atom. The maximum atomic E-state index is 6.12. The van der Waals surface area contributed by atoms with Crippen LogP contribution in [0.1, 0.15) is 16.0 Å². The highest BCUT2D eigenvalue weighted by atomic mass is 79.9. The summed E-state index contributed by atoms with van der Waals surface area (Å²) in [5.74, 6) is 0. The van der Waals surface area contributed by atoms with Crippen molar-refractivity contribution in [2.24, 2.45) is 0 Å². The number of aromatic nitrogens is 1. The predicted molar refractivity (Wildman–Crippen MR) is 86.5 cm³/mol. The Hall–Kier alpha value is 0.1000. The number of hydrogen-bond donors (Lipinski definition) is 0. The highest BCUT2D eigenvalue weighted by Crippen LogP contribution is 2.32. The quantitative estimate of drug-likeness (QED) is 0.524. The second-order valence-electron chi connectivity index (χ2n) is 3.84. The average molecular weight is 454 g/mol. The van der Waals surface area contributed by atoms with E-state index >= 15 is 0 Å². The average Bonchev–Trinajstić information content (AvgIpc) is 2.31. The molecule has 0 saturated heterocycles. The maximum absolute atomic E-state index is 6.12. The molecule has 2 aromatic rings. The standard InChI is InChI=1S/C13H9Br3ClN/c14-10-3-9(4-11(15)6-10)12(16)5-8-1-2-18-7-13(8)17/h1-4,6-7,12H,5H2. The van der Waals surface area contributed by atoms with Crippen molar-refractivity contribution in [1.82, 2.24) is 4.98 Å². The molecule has 1 atom stereocenters. The van der Waals surface area contributed by atoms with Gasteiger partial charge in [-0.2, -0.15) is 0 Å². The van der Waals surface area contributed by atoms with Gasteiger partial charge in [-0.15, -0.1) is 0 Å². The molecule has 0 amide bonds. The van der Waals surface area contributed by atoms with Gasteiger partial charge in [0.2, 0.25) is 0 Å². The zero-order valence-corrected chi connectivity index (χ0v) is 14.7. The van der Waals surface area contributed by atoms with Gasteiger partial charge >= 0.3 is 0 Å². The van der Waals surface area contributed by atoms with Crippen molar-refractivity contribution in [2.45, 2.75) is 11.2 Å². The second-order valence-corrected chi connectivity index (χ2v) is 7.19. The van der Waals surface area contributed by atoms with Gasteiger partial charge in [-0.3, -0.25) is 4.98 Å². The van der Waals surface area contributed by atoms with Gasteiger partial charge in [-0.1, -0.05) is 59.4 Å². The zero-order valence-electron chi connectivity index (χ0n) is 9.21. The van der Waals surface area contributed by atoms with Gasteiger partial charge in [0.1, 0.15) is 0 Å². The molecular formula is C13H9Br3ClN. The van der Waals surface area contributed by atoms with Crippen LogP contribution >= 0.6 is 59.4 Å². The number of alkyl halides is 1. The molecule has 94 valence electrons. The van der Waals surface area contributed by atoms with E-state index in [-0.39, 0.29) is 4.83 Å². The monoisotopic (exact) mass is 451 g/mol. The molecule has 0 N–H and O–H groups in total. The first-order chi connectivity index (χ1) is 8.56. The van der Waals surface area contributed by atoms with E-state index in [0.717, 1.165) is 20.9 Å². The van der Waals surface area contributed by atoms with Crippen LogP contribution in [0.3, 0.4) is 0 Å². The summed E-state index contributed by atoms with van der Waals surface area (Å²) in [6, 6.07) is 8.16. The fourth-order valence-electron chi connectivity index (χ4n) is 1.64. The summed E-state index contributed by atoms with van der Waals surface area (Å²) in [7, 11) is 0. The third-order valence-electron chi connectivity index (χ3n) is 2.50. The summed E-state index contributed by atoms with van der Waals surface area (Å²) in [6.07, 6.45) is 4.26. The highest BCUT2D eigenvalue weighted by molar-refractivity contribution is 9.11. The summed E-state index contributed by atoms with van der Waals surface area (Å²) >= 11 is 16.8. The van der Waals surface area contributed by atoms with Crippen molar-refractivity contribution < 1.29 is 0 Å². The molecule has 18 heavy (non-hydrogen) atoms. The van der Waals surface area contributed by atoms with E-state index in [1.165, 1.54) is 5.56 Å². The molecule has 0 radical (unpaired) electrons. The largest absolute Gasteiger partial charge is 0.263 e. The van der Waals surface area contributed by atoms with Crippen molar-refractivity contribution >= 4 is 59.4 Å². The van der Waals surface area contributed by atoms with Gasteiger partial charge in [0, 0.05) is 26.2 Å². The van der Waals surface area contributed by atoms with Gasteiger partial charge in [0.05, 0.1) is 5.02 Å². The molecule has 1 unspecified atom stereocenters. The van der Waals surface area contributed by atoms with E-state index in [4.69, 9.17) is 11.6 Å². The van der Waals surface area contributed by atoms with E-state index in [1.54, 1.807) is 12.4 Å². The van der Waals surface area contributed by atoms with Gasteiger partial charge in [-0.25, -0.2) is 0 Å². The Bertz CT molecular complexity index is 539. The fraction of sp³-hybridized carbons (Fsp3) is 0.154. The molecule has 0 spiro atoms. The lowest BCUT2D eigenvalue weighted by atomic mass is 10.1. The summed E-state index contributed by atoms with van der Waals surface area (Å²) in [5.41, 5.74) is 2.29. The SMILES string of the molecule is Clc1cnccc1CC(Br)c1cc(Br)cc(Br)c1. The topological polar surface area (TPSA) is 12.9 Å². The summed E-state index contributed by atoms with van der Waals surface area (Å²) in [5, 5.41) is 0.705. The smallest absolute Gasteiger partial charge is 0.0621 e. The normalized spacial score (nSPS) is 12.4. The Labute approximate surface area is 136 Å². The van der Waals surface area contributed by atoms with Gasteiger partial charge < -0.3 is 0 Å². The number of halogens is 4. The van der Waals surface area contributed by atoms with E-state index < -0.39 is 0 Å². The van der Waals surface area contributed by atoms with E-state index in [9.17, 15) is 0 Å². The summed E-state index contributed by atoms with van der Waals surface area (Å²) < 4.78 is 2.11. The molecule has 1 aromatic heterocycles. The van der Waals surface area contributed by atoms with Crippen LogP contribution in [0.25, 0.3) is 0 Å². The van der Waals surface area contributed by atoms with Crippen LogP contribution in [-0.4, -0.2) is 4.98 Å². The van der Waals surface area contributed by atoms with Crippen LogP contribution in [-0.2, 0) is 6.42 Å². The minimum Gasteiger partial charge on any atom is -0.263 e. The number of pyridine rings is 1. The molecule has 0 aliphatic rings. The van der Waals surface area contributed by atoms with Crippen molar-refractivity contribution in [1.29, 1.82) is 0 Å². The minimum absolute atomic E-state index is 0.214. The lowest BCUT2D eigenvalue weighted by Crippen LogP contribution is -1.97. The lowest BCUT2D eigenvalue weighted by molar-refractivity contribution is 0.942. The number of benzene rings is 1. The van der Waals surface area contributed by atoms with Crippen molar-refractivity contribution in [3.8, 4) is 0 Å². The van der Waals surface area contributed by atoms with Crippen molar-refractivity contribution in [2.75, 3.05) is 0 Å². The number of rotatable bonds is 3. The maximum Gasteiger partial charge on any atom is 0.0621 e. The van der Waals surface area contributed by atoms with E-state index in [0.29, 0.717) is 5.02 Å². The second kappa shape index (κ2) is 6.51. The lowest BCUT2D eigenvalue weighted by Gasteiger charge is -2.12. The van der Waals surface area contributed by atoms with E-state index in [1.807, 2.05) is 12.1 Å². The van der Waals surface area contributed by atoms with Gasteiger partial charge in [0.15, 0.2) is 0 Å². The molecule has 0 fully saturated rings. The van der Waals surface area contributed by atoms with E-state index in [2.05, 4.69) is 64.9 Å². The van der Waals surface area contributed by atoms with Gasteiger partial charge in [-0.05, 0) is 41.8 Å². The molecule has 1 heterocycles. The summed E-state index contributed by atoms with van der Waals surface area (Å²) in [6.45, 7) is 0. The molecule has 0 aliphatic heterocycles. The Morgan fingerprint density at radius 1 is 1.17 bits per heavy atom.